The monoisotopic (exact) mass is 613 g/mol. The molecule has 0 aliphatic rings. The fourth-order valence-electron chi connectivity index (χ4n) is 3.53. The predicted molar refractivity (Wildman–Crippen MR) is 168 cm³/mol. The molecule has 1 aromatic rings. The lowest BCUT2D eigenvalue weighted by Crippen LogP contribution is -2.36. The van der Waals surface area contributed by atoms with Gasteiger partial charge >= 0.3 is 0 Å². The van der Waals surface area contributed by atoms with E-state index in [0.717, 1.165) is 32.7 Å². The normalized spacial score (nSPS) is 11.1. The highest BCUT2D eigenvalue weighted by molar-refractivity contribution is 6.18. The van der Waals surface area contributed by atoms with E-state index in [0.29, 0.717) is 83.8 Å². The third-order valence-corrected chi connectivity index (χ3v) is 6.29. The van der Waals surface area contributed by atoms with Crippen LogP contribution >= 0.6 is 11.6 Å². The molecule has 0 unspecified atom stereocenters. The number of rotatable bonds is 27. The SMILES string of the molecule is C=C(C)C(=O)NCCOCCOCCOCCOCCC(=O)NCCN(C)CCNCc1ccc(N(C)CCCl)cc1. The first-order valence-electron chi connectivity index (χ1n) is 14.6. The summed E-state index contributed by atoms with van der Waals surface area (Å²) in [5.41, 5.74) is 2.89. The van der Waals surface area contributed by atoms with Crippen LogP contribution in [-0.2, 0) is 35.1 Å². The molecule has 0 saturated carbocycles. The third-order valence-electron chi connectivity index (χ3n) is 6.12. The number of amides is 2. The van der Waals surface area contributed by atoms with E-state index in [1.54, 1.807) is 6.92 Å². The number of benzene rings is 1. The van der Waals surface area contributed by atoms with Crippen molar-refractivity contribution >= 4 is 29.1 Å². The fourth-order valence-corrected chi connectivity index (χ4v) is 3.78. The second kappa shape index (κ2) is 25.3. The molecule has 3 N–H and O–H groups in total. The minimum Gasteiger partial charge on any atom is -0.379 e. The van der Waals surface area contributed by atoms with E-state index in [4.69, 9.17) is 30.5 Å². The number of carbonyl (C=O) groups excluding carboxylic acids is 2. The van der Waals surface area contributed by atoms with Crippen molar-refractivity contribution in [1.29, 1.82) is 0 Å². The summed E-state index contributed by atoms with van der Waals surface area (Å²) >= 11 is 5.81. The molecular weight excluding hydrogens is 562 g/mol. The summed E-state index contributed by atoms with van der Waals surface area (Å²) in [5.74, 6) is 0.428. The fraction of sp³-hybridized carbons (Fsp3) is 0.667. The van der Waals surface area contributed by atoms with Crippen LogP contribution in [0.25, 0.3) is 0 Å². The number of likely N-dealkylation sites (N-methyl/N-ethyl adjacent to an activating group) is 1. The molecule has 1 aromatic carbocycles. The first kappa shape index (κ1) is 37.8. The molecule has 0 bridgehead atoms. The molecule has 0 saturated heterocycles. The van der Waals surface area contributed by atoms with Gasteiger partial charge in [0.2, 0.25) is 11.8 Å². The molecule has 42 heavy (non-hydrogen) atoms. The van der Waals surface area contributed by atoms with Crippen LogP contribution in [0.15, 0.2) is 36.4 Å². The van der Waals surface area contributed by atoms with Gasteiger partial charge in [-0.05, 0) is 31.7 Å². The standard InChI is InChI=1S/C30H52ClN5O6/c1-26(2)30(38)34-13-18-40-20-22-42-24-23-41-21-19-39-17-9-29(37)33-12-16-35(3)15-11-32-25-27-5-7-28(8-6-27)36(4)14-10-31/h5-8,32H,1,9-25H2,2-4H3,(H,33,37)(H,34,38). The highest BCUT2D eigenvalue weighted by Crippen LogP contribution is 2.13. The molecule has 12 heteroatoms. The summed E-state index contributed by atoms with van der Waals surface area (Å²) in [6.45, 7) is 14.0. The second-order valence-electron chi connectivity index (χ2n) is 9.84. The highest BCUT2D eigenvalue weighted by Gasteiger charge is 2.04. The molecule has 240 valence electrons. The van der Waals surface area contributed by atoms with E-state index in [-0.39, 0.29) is 11.8 Å². The summed E-state index contributed by atoms with van der Waals surface area (Å²) in [5, 5.41) is 9.09. The van der Waals surface area contributed by atoms with E-state index in [1.165, 1.54) is 11.3 Å². The van der Waals surface area contributed by atoms with E-state index in [1.807, 2.05) is 14.1 Å². The number of anilines is 1. The first-order chi connectivity index (χ1) is 20.3. The topological polar surface area (TPSA) is 114 Å². The molecule has 0 aliphatic heterocycles. The van der Waals surface area contributed by atoms with Crippen LogP contribution in [0.2, 0.25) is 0 Å². The van der Waals surface area contributed by atoms with Crippen molar-refractivity contribution in [2.45, 2.75) is 19.9 Å². The van der Waals surface area contributed by atoms with Crippen LogP contribution in [0.3, 0.4) is 0 Å². The summed E-state index contributed by atoms with van der Waals surface area (Å²) in [4.78, 5) is 27.6. The number of carbonyl (C=O) groups is 2. The van der Waals surface area contributed by atoms with Gasteiger partial charge in [0, 0.05) is 76.4 Å². The Morgan fingerprint density at radius 1 is 0.786 bits per heavy atom. The summed E-state index contributed by atoms with van der Waals surface area (Å²) < 4.78 is 21.7. The summed E-state index contributed by atoms with van der Waals surface area (Å²) in [6, 6.07) is 8.51. The van der Waals surface area contributed by atoms with Crippen molar-refractivity contribution in [2.24, 2.45) is 0 Å². The molecular formula is C30H52ClN5O6. The maximum atomic E-state index is 12.0. The molecule has 0 heterocycles. The van der Waals surface area contributed by atoms with E-state index < -0.39 is 0 Å². The first-order valence-corrected chi connectivity index (χ1v) is 15.1. The third kappa shape index (κ3) is 20.6. The second-order valence-corrected chi connectivity index (χ2v) is 10.2. The molecule has 0 radical (unpaired) electrons. The van der Waals surface area contributed by atoms with Gasteiger partial charge in [0.05, 0.1) is 52.9 Å². The van der Waals surface area contributed by atoms with Crippen LogP contribution in [0.1, 0.15) is 18.9 Å². The van der Waals surface area contributed by atoms with Crippen LogP contribution < -0.4 is 20.9 Å². The van der Waals surface area contributed by atoms with Gasteiger partial charge in [-0.1, -0.05) is 18.7 Å². The Kier molecular flexibility index (Phi) is 22.7. The van der Waals surface area contributed by atoms with Crippen molar-refractivity contribution in [1.82, 2.24) is 20.9 Å². The Bertz CT molecular complexity index is 861. The van der Waals surface area contributed by atoms with Gasteiger partial charge in [0.25, 0.3) is 0 Å². The lowest BCUT2D eigenvalue weighted by molar-refractivity contribution is -0.122. The predicted octanol–water partition coefficient (Wildman–Crippen LogP) is 1.65. The van der Waals surface area contributed by atoms with Crippen molar-refractivity contribution in [3.63, 3.8) is 0 Å². The summed E-state index contributed by atoms with van der Waals surface area (Å²) in [7, 11) is 4.09. The lowest BCUT2D eigenvalue weighted by atomic mass is 10.2. The Balaban J connectivity index is 1.87. The smallest absolute Gasteiger partial charge is 0.246 e. The van der Waals surface area contributed by atoms with Gasteiger partial charge in [-0.3, -0.25) is 9.59 Å². The maximum absolute atomic E-state index is 12.0. The molecule has 0 aromatic heterocycles. The molecule has 0 fully saturated rings. The van der Waals surface area contributed by atoms with Gasteiger partial charge < -0.3 is 44.7 Å². The Hall–Kier alpha value is -2.25. The molecule has 0 aliphatic carbocycles. The van der Waals surface area contributed by atoms with Gasteiger partial charge in [0.1, 0.15) is 0 Å². The zero-order valence-corrected chi connectivity index (χ0v) is 26.5. The summed E-state index contributed by atoms with van der Waals surface area (Å²) in [6.07, 6.45) is 0.325. The number of hydrogen-bond acceptors (Lipinski definition) is 9. The quantitative estimate of drug-likeness (QED) is 0.0774. The minimum absolute atomic E-state index is 0.0172. The molecule has 0 atom stereocenters. The van der Waals surface area contributed by atoms with Crippen LogP contribution in [-0.4, -0.2) is 129 Å². The van der Waals surface area contributed by atoms with Gasteiger partial charge in [0.15, 0.2) is 0 Å². The molecule has 0 spiro atoms. The number of hydrogen-bond donors (Lipinski definition) is 3. The Labute approximate surface area is 257 Å². The number of nitrogens with zero attached hydrogens (tertiary/aromatic N) is 2. The van der Waals surface area contributed by atoms with E-state index in [2.05, 4.69) is 56.6 Å². The Morgan fingerprint density at radius 2 is 1.36 bits per heavy atom. The largest absolute Gasteiger partial charge is 0.379 e. The number of ether oxygens (including phenoxy) is 4. The van der Waals surface area contributed by atoms with Crippen molar-refractivity contribution in [3.05, 3.63) is 42.0 Å². The minimum atomic E-state index is -0.167. The van der Waals surface area contributed by atoms with Crippen molar-refractivity contribution in [2.75, 3.05) is 117 Å². The van der Waals surface area contributed by atoms with E-state index in [9.17, 15) is 9.59 Å². The molecule has 1 rings (SSSR count). The molecule has 2 amide bonds. The van der Waals surface area contributed by atoms with Crippen molar-refractivity contribution < 1.29 is 28.5 Å². The maximum Gasteiger partial charge on any atom is 0.246 e. The number of halogens is 1. The molecule has 11 nitrogen and oxygen atoms in total. The lowest BCUT2D eigenvalue weighted by Gasteiger charge is -2.19. The van der Waals surface area contributed by atoms with Crippen molar-refractivity contribution in [3.8, 4) is 0 Å². The zero-order chi connectivity index (χ0) is 30.8. The van der Waals surface area contributed by atoms with Crippen LogP contribution in [0.4, 0.5) is 5.69 Å². The van der Waals surface area contributed by atoms with E-state index >= 15 is 0 Å². The average molecular weight is 614 g/mol. The van der Waals surface area contributed by atoms with Gasteiger partial charge in [-0.25, -0.2) is 0 Å². The number of alkyl halides is 1. The zero-order valence-electron chi connectivity index (χ0n) is 25.8. The Morgan fingerprint density at radius 3 is 1.95 bits per heavy atom. The van der Waals surface area contributed by atoms with Crippen LogP contribution in [0.5, 0.6) is 0 Å². The highest BCUT2D eigenvalue weighted by atomic mass is 35.5. The number of nitrogens with one attached hydrogen (secondary N) is 3. The van der Waals surface area contributed by atoms with Gasteiger partial charge in [-0.2, -0.15) is 0 Å². The van der Waals surface area contributed by atoms with Crippen LogP contribution in [0, 0.1) is 0 Å². The van der Waals surface area contributed by atoms with Gasteiger partial charge in [-0.15, -0.1) is 11.6 Å². The average Bonchev–Trinajstić information content (AvgIpc) is 2.97.